The van der Waals surface area contributed by atoms with Crippen molar-refractivity contribution in [1.82, 2.24) is 0 Å². The Kier molecular flexibility index (Phi) is 10.6. The van der Waals surface area contributed by atoms with Crippen molar-refractivity contribution in [1.29, 1.82) is 0 Å². The van der Waals surface area contributed by atoms with Crippen LogP contribution in [-0.4, -0.2) is 44.8 Å². The Bertz CT molecular complexity index is 1450. The quantitative estimate of drug-likeness (QED) is 0.242. The number of para-hydroxylation sites is 1. The number of amides is 3. The molecule has 3 aromatic rings. The van der Waals surface area contributed by atoms with Crippen molar-refractivity contribution < 1.29 is 28.6 Å². The highest BCUT2D eigenvalue weighted by atomic mass is 16.5. The third-order valence-corrected chi connectivity index (χ3v) is 7.36. The smallest absolute Gasteiger partial charge is 0.323 e. The van der Waals surface area contributed by atoms with Gasteiger partial charge in [0.2, 0.25) is 5.91 Å². The lowest BCUT2D eigenvalue weighted by atomic mass is 9.87. The molecule has 3 amide bonds. The summed E-state index contributed by atoms with van der Waals surface area (Å²) in [4.78, 5) is 40.1. The number of hydrogen-bond acceptors (Lipinski definition) is 6. The number of carbonyl (C=O) groups is 3. The molecule has 1 aliphatic rings. The van der Waals surface area contributed by atoms with Crippen molar-refractivity contribution in [2.45, 2.75) is 52.9 Å². The molecule has 1 aliphatic heterocycles. The van der Waals surface area contributed by atoms with Gasteiger partial charge in [0.1, 0.15) is 18.1 Å². The fraction of sp³-hybridized carbons (Fsp3) is 0.382. The molecule has 0 aromatic heterocycles. The lowest BCUT2D eigenvalue weighted by molar-refractivity contribution is -0.143. The first-order valence-electron chi connectivity index (χ1n) is 14.7. The van der Waals surface area contributed by atoms with E-state index in [4.69, 9.17) is 14.2 Å². The summed E-state index contributed by atoms with van der Waals surface area (Å²) in [7, 11) is 1.52. The number of aryl methyl sites for hydroxylation is 1. The lowest BCUT2D eigenvalue weighted by Gasteiger charge is -2.31. The van der Waals surface area contributed by atoms with Crippen LogP contribution in [0.25, 0.3) is 0 Å². The van der Waals surface area contributed by atoms with Gasteiger partial charge in [0.05, 0.1) is 44.5 Å². The number of methoxy groups -OCH3 is 1. The number of benzene rings is 3. The van der Waals surface area contributed by atoms with Gasteiger partial charge in [0.25, 0.3) is 0 Å². The van der Waals surface area contributed by atoms with Crippen LogP contribution in [0.5, 0.6) is 11.5 Å². The number of urea groups is 1. The Balaban J connectivity index is 1.46. The van der Waals surface area contributed by atoms with Crippen LogP contribution in [-0.2, 0) is 20.7 Å². The number of anilines is 3. The van der Waals surface area contributed by atoms with E-state index in [2.05, 4.69) is 24.5 Å². The van der Waals surface area contributed by atoms with Crippen LogP contribution in [0, 0.1) is 12.8 Å². The Morgan fingerprint density at radius 1 is 1.00 bits per heavy atom. The number of hydrogen-bond donors (Lipinski definition) is 2. The molecule has 0 aliphatic carbocycles. The Morgan fingerprint density at radius 2 is 1.77 bits per heavy atom. The van der Waals surface area contributed by atoms with Crippen molar-refractivity contribution >= 4 is 35.0 Å². The van der Waals surface area contributed by atoms with Crippen LogP contribution >= 0.6 is 0 Å². The molecule has 228 valence electrons. The number of nitrogens with zero attached hydrogens (tertiary/aromatic N) is 1. The van der Waals surface area contributed by atoms with Gasteiger partial charge in [-0.05, 0) is 79.1 Å². The van der Waals surface area contributed by atoms with Crippen LogP contribution < -0.4 is 25.0 Å². The largest absolute Gasteiger partial charge is 0.495 e. The second-order valence-electron chi connectivity index (χ2n) is 11.1. The van der Waals surface area contributed by atoms with Crippen LogP contribution in [0.2, 0.25) is 0 Å². The zero-order valence-electron chi connectivity index (χ0n) is 25.6. The molecule has 0 spiro atoms. The van der Waals surface area contributed by atoms with E-state index in [0.717, 1.165) is 23.1 Å². The number of nitrogens with one attached hydrogen (secondary N) is 2. The average Bonchev–Trinajstić information content (AvgIpc) is 2.98. The van der Waals surface area contributed by atoms with E-state index in [-0.39, 0.29) is 24.2 Å². The molecule has 3 aromatic carbocycles. The number of ether oxygens (including phenoxy) is 3. The molecule has 0 saturated carbocycles. The Morgan fingerprint density at radius 3 is 2.49 bits per heavy atom. The summed E-state index contributed by atoms with van der Waals surface area (Å²) in [5.74, 6) is 1.18. The van der Waals surface area contributed by atoms with Crippen molar-refractivity contribution in [3.63, 3.8) is 0 Å². The predicted molar refractivity (Wildman–Crippen MR) is 168 cm³/mol. The average molecular weight is 588 g/mol. The summed E-state index contributed by atoms with van der Waals surface area (Å²) in [5.41, 5.74) is 4.61. The molecular weight excluding hydrogens is 546 g/mol. The van der Waals surface area contributed by atoms with E-state index >= 15 is 0 Å². The van der Waals surface area contributed by atoms with Gasteiger partial charge >= 0.3 is 12.0 Å². The summed E-state index contributed by atoms with van der Waals surface area (Å²) in [5, 5.41) is 5.67. The Hall–Kier alpha value is -4.53. The summed E-state index contributed by atoms with van der Waals surface area (Å²) in [6.45, 7) is 9.14. The molecular formula is C34H41N3O6. The molecule has 9 heteroatoms. The third kappa shape index (κ3) is 8.28. The molecule has 9 nitrogen and oxygen atoms in total. The second kappa shape index (κ2) is 14.6. The minimum absolute atomic E-state index is 0.00239. The molecule has 43 heavy (non-hydrogen) atoms. The maximum absolute atomic E-state index is 13.5. The molecule has 1 atom stereocenters. The number of fused-ring (bicyclic) bond motifs is 1. The SMILES string of the molecule is CCOC(=O)C[C@@H](CC(C)C)c1ccc2c(c1)OCCN2C(=O)Cc1ccc(NC(=O)Nc2ccccc2C)c(OC)c1. The molecule has 0 unspecified atom stereocenters. The maximum atomic E-state index is 13.5. The van der Waals surface area contributed by atoms with Crippen LogP contribution in [0.1, 0.15) is 56.2 Å². The van der Waals surface area contributed by atoms with Gasteiger partial charge in [-0.3, -0.25) is 9.59 Å². The summed E-state index contributed by atoms with van der Waals surface area (Å²) >= 11 is 0. The van der Waals surface area contributed by atoms with Gasteiger partial charge in [-0.2, -0.15) is 0 Å². The van der Waals surface area contributed by atoms with E-state index in [0.29, 0.717) is 60.7 Å². The van der Waals surface area contributed by atoms with Crippen LogP contribution in [0.15, 0.2) is 60.7 Å². The van der Waals surface area contributed by atoms with E-state index in [9.17, 15) is 14.4 Å². The molecule has 0 saturated heterocycles. The highest BCUT2D eigenvalue weighted by Crippen LogP contribution is 2.38. The van der Waals surface area contributed by atoms with E-state index in [1.807, 2.05) is 49.4 Å². The monoisotopic (exact) mass is 587 g/mol. The van der Waals surface area contributed by atoms with Crippen LogP contribution in [0.3, 0.4) is 0 Å². The minimum atomic E-state index is -0.390. The van der Waals surface area contributed by atoms with E-state index in [1.54, 1.807) is 30.0 Å². The second-order valence-corrected chi connectivity index (χ2v) is 11.1. The fourth-order valence-electron chi connectivity index (χ4n) is 5.28. The van der Waals surface area contributed by atoms with Crippen molar-refractivity contribution in [2.24, 2.45) is 5.92 Å². The molecule has 0 bridgehead atoms. The third-order valence-electron chi connectivity index (χ3n) is 7.36. The summed E-state index contributed by atoms with van der Waals surface area (Å²) < 4.78 is 16.7. The first kappa shape index (κ1) is 31.4. The van der Waals surface area contributed by atoms with Gasteiger partial charge in [0, 0.05) is 5.69 Å². The highest BCUT2D eigenvalue weighted by molar-refractivity contribution is 6.01. The van der Waals surface area contributed by atoms with E-state index in [1.165, 1.54) is 7.11 Å². The standard InChI is InChI=1S/C34H41N3O6/c1-6-42-33(39)21-26(17-22(2)3)25-12-14-29-31(20-25)43-16-15-37(29)32(38)19-24-11-13-28(30(18-24)41-5)36-34(40)35-27-10-8-7-9-23(27)4/h7-14,18,20,22,26H,6,15-17,19,21H2,1-5H3,(H2,35,36,40)/t26-/m1/s1. The maximum Gasteiger partial charge on any atom is 0.323 e. The van der Waals surface area contributed by atoms with Gasteiger partial charge in [-0.1, -0.05) is 44.2 Å². The molecule has 4 rings (SSSR count). The first-order valence-corrected chi connectivity index (χ1v) is 14.7. The zero-order valence-corrected chi connectivity index (χ0v) is 25.6. The topological polar surface area (TPSA) is 106 Å². The fourth-order valence-corrected chi connectivity index (χ4v) is 5.28. The van der Waals surface area contributed by atoms with Crippen molar-refractivity contribution in [2.75, 3.05) is 42.4 Å². The Labute approximate surface area is 253 Å². The number of esters is 1. The van der Waals surface area contributed by atoms with Crippen molar-refractivity contribution in [3.05, 3.63) is 77.4 Å². The zero-order chi connectivity index (χ0) is 30.9. The van der Waals surface area contributed by atoms with Crippen molar-refractivity contribution in [3.8, 4) is 11.5 Å². The summed E-state index contributed by atoms with van der Waals surface area (Å²) in [6, 6.07) is 18.3. The van der Waals surface area contributed by atoms with Crippen LogP contribution in [0.4, 0.5) is 21.9 Å². The predicted octanol–water partition coefficient (Wildman–Crippen LogP) is 6.70. The van der Waals surface area contributed by atoms with Gasteiger partial charge in [-0.15, -0.1) is 0 Å². The number of carbonyl (C=O) groups excluding carboxylic acids is 3. The van der Waals surface area contributed by atoms with Gasteiger partial charge in [-0.25, -0.2) is 4.79 Å². The molecule has 0 fully saturated rings. The first-order chi connectivity index (χ1) is 20.7. The van der Waals surface area contributed by atoms with E-state index < -0.39 is 6.03 Å². The van der Waals surface area contributed by atoms with Gasteiger partial charge < -0.3 is 29.7 Å². The normalized spacial score (nSPS) is 13.0. The molecule has 0 radical (unpaired) electrons. The minimum Gasteiger partial charge on any atom is -0.495 e. The molecule has 1 heterocycles. The number of rotatable bonds is 11. The molecule has 2 N–H and O–H groups in total. The summed E-state index contributed by atoms with van der Waals surface area (Å²) in [6.07, 6.45) is 1.28. The van der Waals surface area contributed by atoms with Gasteiger partial charge in [0.15, 0.2) is 0 Å². The highest BCUT2D eigenvalue weighted by Gasteiger charge is 2.26. The lowest BCUT2D eigenvalue weighted by Crippen LogP contribution is -2.39.